The Hall–Kier alpha value is -0.850. The third-order valence-electron chi connectivity index (χ3n) is 2.02. The van der Waals surface area contributed by atoms with Gasteiger partial charge in [0.1, 0.15) is 5.84 Å². The Balaban J connectivity index is 3.52. The van der Waals surface area contributed by atoms with Gasteiger partial charge in [0.2, 0.25) is 0 Å². The second-order valence-corrected chi connectivity index (χ2v) is 3.31. The molecule has 0 radical (unpaired) electrons. The summed E-state index contributed by atoms with van der Waals surface area (Å²) in [6, 6.07) is 0.160. The number of oxime groups is 1. The molecule has 1 unspecified atom stereocenters. The van der Waals surface area contributed by atoms with E-state index in [1.807, 2.05) is 0 Å². The molecular formula is C9H21N3O3. The summed E-state index contributed by atoms with van der Waals surface area (Å²) >= 11 is 0. The van der Waals surface area contributed by atoms with Crippen LogP contribution >= 0.6 is 0 Å². The van der Waals surface area contributed by atoms with Gasteiger partial charge in [-0.1, -0.05) is 5.16 Å². The summed E-state index contributed by atoms with van der Waals surface area (Å²) in [7, 11) is 1.63. The second-order valence-electron chi connectivity index (χ2n) is 3.31. The molecule has 6 nitrogen and oxygen atoms in total. The standard InChI is InChI=1S/C9H21N3O3/c1-15-7-8(4-6-13)11-5-2-3-9(10)12-14/h8,11,13-14H,2-7H2,1H3,(H2,10,12). The topological polar surface area (TPSA) is 100 Å². The van der Waals surface area contributed by atoms with Gasteiger partial charge in [0.05, 0.1) is 6.61 Å². The Morgan fingerprint density at radius 1 is 1.60 bits per heavy atom. The molecule has 0 aromatic heterocycles. The summed E-state index contributed by atoms with van der Waals surface area (Å²) in [5.74, 6) is 0.238. The molecule has 0 aliphatic carbocycles. The Labute approximate surface area is 90.1 Å². The first-order valence-electron chi connectivity index (χ1n) is 5.04. The molecule has 1 atom stereocenters. The summed E-state index contributed by atoms with van der Waals surface area (Å²) in [4.78, 5) is 0. The van der Waals surface area contributed by atoms with Crippen LogP contribution in [0, 0.1) is 0 Å². The summed E-state index contributed by atoms with van der Waals surface area (Å²) in [5.41, 5.74) is 5.31. The van der Waals surface area contributed by atoms with E-state index in [0.717, 1.165) is 13.0 Å². The summed E-state index contributed by atoms with van der Waals surface area (Å²) < 4.78 is 4.99. The largest absolute Gasteiger partial charge is 0.409 e. The molecule has 0 saturated heterocycles. The molecular weight excluding hydrogens is 198 g/mol. The van der Waals surface area contributed by atoms with Crippen molar-refractivity contribution < 1.29 is 15.1 Å². The van der Waals surface area contributed by atoms with E-state index >= 15 is 0 Å². The van der Waals surface area contributed by atoms with Crippen molar-refractivity contribution >= 4 is 5.84 Å². The number of nitrogens with two attached hydrogens (primary N) is 1. The van der Waals surface area contributed by atoms with Crippen molar-refractivity contribution in [3.8, 4) is 0 Å². The first kappa shape index (κ1) is 14.2. The van der Waals surface area contributed by atoms with E-state index in [0.29, 0.717) is 19.4 Å². The number of rotatable bonds is 9. The first-order chi connectivity index (χ1) is 7.24. The zero-order valence-electron chi connectivity index (χ0n) is 9.15. The van der Waals surface area contributed by atoms with Gasteiger partial charge < -0.3 is 26.1 Å². The highest BCUT2D eigenvalue weighted by Crippen LogP contribution is 1.94. The molecule has 0 aliphatic rings. The van der Waals surface area contributed by atoms with E-state index in [1.165, 1.54) is 0 Å². The van der Waals surface area contributed by atoms with Crippen molar-refractivity contribution in [2.75, 3.05) is 26.9 Å². The van der Waals surface area contributed by atoms with Gasteiger partial charge in [0, 0.05) is 26.2 Å². The fourth-order valence-electron chi connectivity index (χ4n) is 1.23. The summed E-state index contributed by atoms with van der Waals surface area (Å²) in [6.45, 7) is 1.47. The normalized spacial score (nSPS) is 14.1. The highest BCUT2D eigenvalue weighted by Gasteiger charge is 2.06. The van der Waals surface area contributed by atoms with Crippen LogP contribution in [0.1, 0.15) is 19.3 Å². The number of aliphatic hydroxyl groups excluding tert-OH is 1. The molecule has 0 fully saturated rings. The van der Waals surface area contributed by atoms with E-state index in [2.05, 4.69) is 10.5 Å². The minimum atomic E-state index is 0.140. The smallest absolute Gasteiger partial charge is 0.139 e. The molecule has 15 heavy (non-hydrogen) atoms. The van der Waals surface area contributed by atoms with Crippen LogP contribution in [0.4, 0.5) is 0 Å². The maximum Gasteiger partial charge on any atom is 0.139 e. The highest BCUT2D eigenvalue weighted by molar-refractivity contribution is 5.79. The van der Waals surface area contributed by atoms with E-state index in [9.17, 15) is 0 Å². The van der Waals surface area contributed by atoms with Gasteiger partial charge in [0.15, 0.2) is 0 Å². The van der Waals surface area contributed by atoms with Gasteiger partial charge in [-0.2, -0.15) is 0 Å². The predicted octanol–water partition coefficient (Wildman–Crippen LogP) is -0.500. The molecule has 0 spiro atoms. The van der Waals surface area contributed by atoms with Crippen molar-refractivity contribution in [2.24, 2.45) is 10.9 Å². The summed E-state index contributed by atoms with van der Waals surface area (Å²) in [5, 5.41) is 23.2. The quantitative estimate of drug-likeness (QED) is 0.138. The maximum absolute atomic E-state index is 8.78. The molecule has 0 aromatic rings. The SMILES string of the molecule is COCC(CCO)NCCCC(N)=NO. The molecule has 0 bridgehead atoms. The lowest BCUT2D eigenvalue weighted by atomic mass is 10.2. The Morgan fingerprint density at radius 2 is 2.33 bits per heavy atom. The molecule has 0 saturated carbocycles. The van der Waals surface area contributed by atoms with E-state index in [-0.39, 0.29) is 18.5 Å². The molecule has 6 heteroatoms. The van der Waals surface area contributed by atoms with Crippen LogP contribution < -0.4 is 11.1 Å². The van der Waals surface area contributed by atoms with Crippen LogP contribution in [0.25, 0.3) is 0 Å². The summed E-state index contributed by atoms with van der Waals surface area (Å²) in [6.07, 6.45) is 2.02. The third kappa shape index (κ3) is 8.17. The lowest BCUT2D eigenvalue weighted by Gasteiger charge is -2.16. The number of methoxy groups -OCH3 is 1. The number of hydrogen-bond acceptors (Lipinski definition) is 5. The van der Waals surface area contributed by atoms with Gasteiger partial charge in [-0.3, -0.25) is 0 Å². The van der Waals surface area contributed by atoms with Crippen molar-refractivity contribution in [3.05, 3.63) is 0 Å². The third-order valence-corrected chi connectivity index (χ3v) is 2.02. The number of amidine groups is 1. The monoisotopic (exact) mass is 219 g/mol. The zero-order chi connectivity index (χ0) is 11.5. The first-order valence-corrected chi connectivity index (χ1v) is 5.04. The lowest BCUT2D eigenvalue weighted by molar-refractivity contribution is 0.148. The molecule has 0 rings (SSSR count). The van der Waals surface area contributed by atoms with Gasteiger partial charge in [-0.25, -0.2) is 0 Å². The maximum atomic E-state index is 8.78. The Bertz CT molecular complexity index is 170. The van der Waals surface area contributed by atoms with Crippen LogP contribution in [0.2, 0.25) is 0 Å². The second kappa shape index (κ2) is 9.70. The zero-order valence-corrected chi connectivity index (χ0v) is 9.15. The average molecular weight is 219 g/mol. The number of ether oxygens (including phenoxy) is 1. The van der Waals surface area contributed by atoms with E-state index in [1.54, 1.807) is 7.11 Å². The van der Waals surface area contributed by atoms with Crippen LogP contribution in [0.3, 0.4) is 0 Å². The van der Waals surface area contributed by atoms with Gasteiger partial charge in [0.25, 0.3) is 0 Å². The predicted molar refractivity (Wildman–Crippen MR) is 58.0 cm³/mol. The Kier molecular flexibility index (Phi) is 9.15. The highest BCUT2D eigenvalue weighted by atomic mass is 16.5. The molecule has 0 heterocycles. The Morgan fingerprint density at radius 3 is 2.87 bits per heavy atom. The fraction of sp³-hybridized carbons (Fsp3) is 0.889. The fourth-order valence-corrected chi connectivity index (χ4v) is 1.23. The molecule has 0 amide bonds. The molecule has 0 aromatic carbocycles. The van der Waals surface area contributed by atoms with Crippen molar-refractivity contribution in [2.45, 2.75) is 25.3 Å². The van der Waals surface area contributed by atoms with Gasteiger partial charge in [-0.05, 0) is 19.4 Å². The minimum absolute atomic E-state index is 0.140. The van der Waals surface area contributed by atoms with Crippen molar-refractivity contribution in [1.29, 1.82) is 0 Å². The van der Waals surface area contributed by atoms with Crippen LogP contribution in [0.15, 0.2) is 5.16 Å². The van der Waals surface area contributed by atoms with E-state index in [4.69, 9.17) is 20.8 Å². The number of nitrogens with zero attached hydrogens (tertiary/aromatic N) is 1. The molecule has 90 valence electrons. The van der Waals surface area contributed by atoms with Crippen molar-refractivity contribution in [1.82, 2.24) is 5.32 Å². The molecule has 5 N–H and O–H groups in total. The van der Waals surface area contributed by atoms with Crippen LogP contribution in [-0.4, -0.2) is 49.1 Å². The lowest BCUT2D eigenvalue weighted by Crippen LogP contribution is -2.35. The van der Waals surface area contributed by atoms with Crippen LogP contribution in [0.5, 0.6) is 0 Å². The molecule has 0 aliphatic heterocycles. The minimum Gasteiger partial charge on any atom is -0.409 e. The van der Waals surface area contributed by atoms with Gasteiger partial charge in [-0.15, -0.1) is 0 Å². The van der Waals surface area contributed by atoms with Gasteiger partial charge >= 0.3 is 0 Å². The number of aliphatic hydroxyl groups is 1. The average Bonchev–Trinajstić information content (AvgIpc) is 2.24. The van der Waals surface area contributed by atoms with E-state index < -0.39 is 0 Å². The number of nitrogens with one attached hydrogen (secondary N) is 1. The number of hydrogen-bond donors (Lipinski definition) is 4. The van der Waals surface area contributed by atoms with Crippen molar-refractivity contribution in [3.63, 3.8) is 0 Å². The van der Waals surface area contributed by atoms with Crippen LogP contribution in [-0.2, 0) is 4.74 Å².